The van der Waals surface area contributed by atoms with E-state index in [9.17, 15) is 0 Å². The minimum Gasteiger partial charge on any atom is -0.468 e. The van der Waals surface area contributed by atoms with E-state index in [2.05, 4.69) is 30.8 Å². The van der Waals surface area contributed by atoms with Crippen LogP contribution >= 0.6 is 0 Å². The summed E-state index contributed by atoms with van der Waals surface area (Å²) in [6.45, 7) is 11.7. The highest BCUT2D eigenvalue weighted by molar-refractivity contribution is 5.17. The molecule has 0 bridgehead atoms. The maximum Gasteiger partial charge on any atom is 0.122 e. The van der Waals surface area contributed by atoms with Gasteiger partial charge in [-0.3, -0.25) is 4.90 Å². The number of hydrogen-bond donors (Lipinski definition) is 1. The van der Waals surface area contributed by atoms with Crippen molar-refractivity contribution in [1.82, 2.24) is 10.2 Å². The molecule has 0 aliphatic rings. The third-order valence-corrected chi connectivity index (χ3v) is 2.35. The van der Waals surface area contributed by atoms with Crippen molar-refractivity contribution in [2.75, 3.05) is 20.1 Å². The minimum absolute atomic E-state index is 0.805. The van der Waals surface area contributed by atoms with Crippen molar-refractivity contribution >= 4 is 0 Å². The first-order chi connectivity index (χ1) is 7.63. The molecule has 0 unspecified atom stereocenters. The Labute approximate surface area is 98.1 Å². The van der Waals surface area contributed by atoms with E-state index in [1.165, 1.54) is 11.1 Å². The number of nitrogens with zero attached hydrogens (tertiary/aromatic N) is 1. The lowest BCUT2D eigenvalue weighted by atomic mass is 10.2. The molecule has 0 aromatic carbocycles. The average Bonchev–Trinajstić information content (AvgIpc) is 2.61. The molecular weight excluding hydrogens is 200 g/mol. The lowest BCUT2D eigenvalue weighted by Gasteiger charge is -2.16. The molecule has 16 heavy (non-hydrogen) atoms. The summed E-state index contributed by atoms with van der Waals surface area (Å²) in [5.74, 6) is 1.04. The van der Waals surface area contributed by atoms with Crippen molar-refractivity contribution in [2.24, 2.45) is 0 Å². The zero-order valence-electron chi connectivity index (χ0n) is 10.5. The fourth-order valence-electron chi connectivity index (χ4n) is 1.71. The molecule has 0 aliphatic carbocycles. The summed E-state index contributed by atoms with van der Waals surface area (Å²) in [4.78, 5) is 2.24. The van der Waals surface area contributed by atoms with Gasteiger partial charge in [0.05, 0.1) is 12.8 Å². The van der Waals surface area contributed by atoms with E-state index in [1.807, 2.05) is 13.0 Å². The van der Waals surface area contributed by atoms with Crippen LogP contribution in [0.2, 0.25) is 0 Å². The van der Waals surface area contributed by atoms with Crippen LogP contribution < -0.4 is 5.32 Å². The van der Waals surface area contributed by atoms with Gasteiger partial charge in [0, 0.05) is 18.7 Å². The summed E-state index contributed by atoms with van der Waals surface area (Å²) in [5, 5.41) is 3.28. The van der Waals surface area contributed by atoms with Gasteiger partial charge in [-0.15, -0.1) is 0 Å². The number of likely N-dealkylation sites (N-methyl/N-ethyl adjacent to an activating group) is 1. The normalized spacial score (nSPS) is 11.0. The van der Waals surface area contributed by atoms with Gasteiger partial charge in [-0.2, -0.15) is 0 Å². The van der Waals surface area contributed by atoms with Gasteiger partial charge in [-0.1, -0.05) is 19.1 Å². The van der Waals surface area contributed by atoms with Crippen LogP contribution in [-0.4, -0.2) is 25.0 Å². The first kappa shape index (κ1) is 13.0. The van der Waals surface area contributed by atoms with Gasteiger partial charge in [0.15, 0.2) is 0 Å². The van der Waals surface area contributed by atoms with Crippen molar-refractivity contribution in [1.29, 1.82) is 0 Å². The number of rotatable bonds is 7. The molecule has 0 atom stereocenters. The standard InChI is InChI=1S/C13H22N2O/c1-5-14-8-13-12(6-7-16-13)10-15(4)9-11(2)3/h6-7,14H,2,5,8-10H2,1,3-4H3. The molecule has 3 heteroatoms. The Bertz CT molecular complexity index is 330. The van der Waals surface area contributed by atoms with Crippen molar-refractivity contribution in [3.05, 3.63) is 35.8 Å². The van der Waals surface area contributed by atoms with E-state index < -0.39 is 0 Å². The van der Waals surface area contributed by atoms with Crippen LogP contribution in [0.1, 0.15) is 25.2 Å². The van der Waals surface area contributed by atoms with Crippen LogP contribution in [0.3, 0.4) is 0 Å². The summed E-state index contributed by atoms with van der Waals surface area (Å²) in [5.41, 5.74) is 2.43. The molecule has 0 fully saturated rings. The molecule has 1 aromatic rings. The smallest absolute Gasteiger partial charge is 0.122 e. The zero-order chi connectivity index (χ0) is 12.0. The third-order valence-electron chi connectivity index (χ3n) is 2.35. The fraction of sp³-hybridized carbons (Fsp3) is 0.538. The molecule has 0 aliphatic heterocycles. The third kappa shape index (κ3) is 4.21. The highest BCUT2D eigenvalue weighted by atomic mass is 16.3. The molecular formula is C13H22N2O. The predicted octanol–water partition coefficient (Wildman–Crippen LogP) is 2.40. The summed E-state index contributed by atoms with van der Waals surface area (Å²) in [6.07, 6.45) is 1.76. The maximum atomic E-state index is 5.46. The van der Waals surface area contributed by atoms with Gasteiger partial charge in [-0.05, 0) is 26.6 Å². The van der Waals surface area contributed by atoms with Gasteiger partial charge in [0.1, 0.15) is 5.76 Å². The molecule has 1 aromatic heterocycles. The molecule has 0 amide bonds. The second-order valence-electron chi connectivity index (χ2n) is 4.28. The average molecular weight is 222 g/mol. The molecule has 0 spiro atoms. The first-order valence-electron chi connectivity index (χ1n) is 5.72. The van der Waals surface area contributed by atoms with Crippen LogP contribution in [0.5, 0.6) is 0 Å². The molecule has 1 N–H and O–H groups in total. The van der Waals surface area contributed by atoms with Crippen LogP contribution in [0.4, 0.5) is 0 Å². The van der Waals surface area contributed by atoms with E-state index >= 15 is 0 Å². The quantitative estimate of drug-likeness (QED) is 0.718. The Morgan fingerprint density at radius 3 is 2.94 bits per heavy atom. The summed E-state index contributed by atoms with van der Waals surface area (Å²) in [6, 6.07) is 2.04. The van der Waals surface area contributed by atoms with E-state index in [0.717, 1.165) is 31.9 Å². The topological polar surface area (TPSA) is 28.4 Å². The van der Waals surface area contributed by atoms with Crippen LogP contribution in [-0.2, 0) is 13.1 Å². The van der Waals surface area contributed by atoms with Gasteiger partial charge >= 0.3 is 0 Å². The molecule has 1 heterocycles. The number of furan rings is 1. The SMILES string of the molecule is C=C(C)CN(C)Cc1ccoc1CNCC. The van der Waals surface area contributed by atoms with E-state index in [0.29, 0.717) is 0 Å². The predicted molar refractivity (Wildman–Crippen MR) is 67.2 cm³/mol. The molecule has 1 rings (SSSR count). The molecule has 0 saturated carbocycles. The second kappa shape index (κ2) is 6.51. The summed E-state index contributed by atoms with van der Waals surface area (Å²) < 4.78 is 5.46. The van der Waals surface area contributed by atoms with Crippen LogP contribution in [0.15, 0.2) is 28.9 Å². The summed E-state index contributed by atoms with van der Waals surface area (Å²) in [7, 11) is 2.10. The molecule has 0 radical (unpaired) electrons. The van der Waals surface area contributed by atoms with Crippen molar-refractivity contribution < 1.29 is 4.42 Å². The van der Waals surface area contributed by atoms with Gasteiger partial charge < -0.3 is 9.73 Å². The van der Waals surface area contributed by atoms with E-state index in [1.54, 1.807) is 6.26 Å². The fourth-order valence-corrected chi connectivity index (χ4v) is 1.71. The van der Waals surface area contributed by atoms with Gasteiger partial charge in [0.25, 0.3) is 0 Å². The maximum absolute atomic E-state index is 5.46. The molecule has 3 nitrogen and oxygen atoms in total. The van der Waals surface area contributed by atoms with Crippen LogP contribution in [0, 0.1) is 0 Å². The van der Waals surface area contributed by atoms with Crippen molar-refractivity contribution in [2.45, 2.75) is 26.9 Å². The second-order valence-corrected chi connectivity index (χ2v) is 4.28. The minimum atomic E-state index is 0.805. The Hall–Kier alpha value is -1.06. The Balaban J connectivity index is 2.52. The first-order valence-corrected chi connectivity index (χ1v) is 5.72. The van der Waals surface area contributed by atoms with Gasteiger partial charge in [0.2, 0.25) is 0 Å². The van der Waals surface area contributed by atoms with Gasteiger partial charge in [-0.25, -0.2) is 0 Å². The number of nitrogens with one attached hydrogen (secondary N) is 1. The van der Waals surface area contributed by atoms with Crippen molar-refractivity contribution in [3.8, 4) is 0 Å². The van der Waals surface area contributed by atoms with E-state index in [-0.39, 0.29) is 0 Å². The van der Waals surface area contributed by atoms with Crippen molar-refractivity contribution in [3.63, 3.8) is 0 Å². The Morgan fingerprint density at radius 2 is 2.31 bits per heavy atom. The number of hydrogen-bond acceptors (Lipinski definition) is 3. The molecule has 90 valence electrons. The lowest BCUT2D eigenvalue weighted by molar-refractivity contribution is 0.349. The summed E-state index contributed by atoms with van der Waals surface area (Å²) >= 11 is 0. The zero-order valence-corrected chi connectivity index (χ0v) is 10.5. The lowest BCUT2D eigenvalue weighted by Crippen LogP contribution is -2.21. The van der Waals surface area contributed by atoms with E-state index in [4.69, 9.17) is 4.42 Å². The monoisotopic (exact) mass is 222 g/mol. The highest BCUT2D eigenvalue weighted by Crippen LogP contribution is 2.13. The van der Waals surface area contributed by atoms with Crippen LogP contribution in [0.25, 0.3) is 0 Å². The molecule has 0 saturated heterocycles. The Kier molecular flexibility index (Phi) is 5.29. The largest absolute Gasteiger partial charge is 0.468 e. The highest BCUT2D eigenvalue weighted by Gasteiger charge is 2.08. The Morgan fingerprint density at radius 1 is 1.56 bits per heavy atom.